The second-order valence-corrected chi connectivity index (χ2v) is 13.5. The molecule has 0 saturated heterocycles. The van der Waals surface area contributed by atoms with Crippen molar-refractivity contribution >= 4 is 69.6 Å². The summed E-state index contributed by atoms with van der Waals surface area (Å²) in [6, 6.07) is 8.06. The van der Waals surface area contributed by atoms with E-state index in [2.05, 4.69) is 10.3 Å². The maximum atomic E-state index is 14.6. The van der Waals surface area contributed by atoms with Crippen molar-refractivity contribution in [2.24, 2.45) is 17.6 Å². The lowest BCUT2D eigenvalue weighted by molar-refractivity contribution is -0.142. The van der Waals surface area contributed by atoms with Crippen LogP contribution in [0.5, 0.6) is 0 Å². The van der Waals surface area contributed by atoms with Crippen LogP contribution in [0.1, 0.15) is 63.8 Å². The van der Waals surface area contributed by atoms with Gasteiger partial charge in [0.15, 0.2) is 0 Å². The third-order valence-electron chi connectivity index (χ3n) is 9.11. The van der Waals surface area contributed by atoms with Gasteiger partial charge in [-0.3, -0.25) is 19.4 Å². The molecule has 2 aromatic carbocycles. The van der Waals surface area contributed by atoms with Gasteiger partial charge in [0.25, 0.3) is 5.91 Å². The molecule has 0 radical (unpaired) electrons. The highest BCUT2D eigenvalue weighted by Gasteiger charge is 2.49. The highest BCUT2D eigenvalue weighted by atomic mass is 35.5. The Hall–Kier alpha value is -3.47. The summed E-state index contributed by atoms with van der Waals surface area (Å²) in [5.41, 5.74) is 6.87. The molecule has 0 spiro atoms. The lowest BCUT2D eigenvalue weighted by Gasteiger charge is -2.42. The molecule has 13 heteroatoms. The van der Waals surface area contributed by atoms with Gasteiger partial charge in [0.1, 0.15) is 11.6 Å². The number of fused-ring (bicyclic) bond motifs is 3. The normalized spacial score (nSPS) is 17.9. The standard InChI is InChI=1S/C33H40Cl3N5O5/c1-5-18(3)16-41(31(37)44)30(43)33(12-11-26-23(15-33)22-13-21(34)14-25(36)27(22)38-26)39-29(42)28(19(4)6-2)40(32(45)46)17-20-9-7-8-10-24(20)35/h7-10,13-14,18-19,28,38H,5-6,11-12,15-17H2,1-4H3,(H2,37,44)(H,39,42)(H,45,46)/t18?,19?,28-,33?/m0/s1. The number of imide groups is 1. The predicted molar refractivity (Wildman–Crippen MR) is 180 cm³/mol. The Kier molecular flexibility index (Phi) is 11.2. The van der Waals surface area contributed by atoms with Crippen molar-refractivity contribution < 1.29 is 24.3 Å². The first kappa shape index (κ1) is 35.4. The number of benzene rings is 2. The number of hydrogen-bond donors (Lipinski definition) is 4. The third kappa shape index (κ3) is 7.24. The molecule has 0 bridgehead atoms. The summed E-state index contributed by atoms with van der Waals surface area (Å²) in [4.78, 5) is 59.8. The molecule has 1 aromatic heterocycles. The quantitative estimate of drug-likeness (QED) is 0.170. The van der Waals surface area contributed by atoms with Crippen LogP contribution in [-0.2, 0) is 29.0 Å². The van der Waals surface area contributed by atoms with Crippen molar-refractivity contribution in [3.8, 4) is 0 Å². The zero-order valence-corrected chi connectivity index (χ0v) is 28.6. The van der Waals surface area contributed by atoms with Crippen LogP contribution in [0.3, 0.4) is 0 Å². The van der Waals surface area contributed by atoms with E-state index < -0.39 is 41.4 Å². The first-order chi connectivity index (χ1) is 21.7. The molecule has 5 N–H and O–H groups in total. The van der Waals surface area contributed by atoms with Crippen molar-refractivity contribution in [1.29, 1.82) is 0 Å². The lowest BCUT2D eigenvalue weighted by atomic mass is 9.77. The molecule has 0 saturated carbocycles. The summed E-state index contributed by atoms with van der Waals surface area (Å²) in [5, 5.41) is 15.2. The fourth-order valence-corrected chi connectivity index (χ4v) is 6.86. The molecular weight excluding hydrogens is 653 g/mol. The van der Waals surface area contributed by atoms with Crippen LogP contribution in [0.2, 0.25) is 15.1 Å². The zero-order chi connectivity index (χ0) is 33.9. The SMILES string of the molecule is CCC(C)CN(C(N)=O)C(=O)C1(NC(=O)[C@H](C(C)CC)N(Cc2ccccc2Cl)C(=O)O)CCc2[nH]c3c(Cl)cc(Cl)cc3c2C1. The number of halogens is 3. The molecule has 0 aliphatic heterocycles. The maximum absolute atomic E-state index is 14.6. The number of rotatable bonds is 11. The van der Waals surface area contributed by atoms with E-state index in [1.54, 1.807) is 43.3 Å². The van der Waals surface area contributed by atoms with Crippen LogP contribution < -0.4 is 11.1 Å². The Morgan fingerprint density at radius 1 is 1.07 bits per heavy atom. The first-order valence-electron chi connectivity index (χ1n) is 15.4. The Labute approximate surface area is 283 Å². The van der Waals surface area contributed by atoms with E-state index in [-0.39, 0.29) is 31.8 Å². The van der Waals surface area contributed by atoms with Crippen LogP contribution in [0.4, 0.5) is 9.59 Å². The number of carbonyl (C=O) groups is 4. The minimum atomic E-state index is -1.63. The second-order valence-electron chi connectivity index (χ2n) is 12.2. The molecule has 248 valence electrons. The summed E-state index contributed by atoms with van der Waals surface area (Å²) >= 11 is 19.3. The number of carboxylic acid groups (broad SMARTS) is 1. The third-order valence-corrected chi connectivity index (χ3v) is 9.99. The van der Waals surface area contributed by atoms with Gasteiger partial charge in [-0.15, -0.1) is 0 Å². The summed E-state index contributed by atoms with van der Waals surface area (Å²) < 4.78 is 0. The van der Waals surface area contributed by atoms with Gasteiger partial charge in [0, 0.05) is 34.1 Å². The van der Waals surface area contributed by atoms with Gasteiger partial charge in [0.05, 0.1) is 17.1 Å². The average Bonchev–Trinajstić information content (AvgIpc) is 3.37. The number of nitrogens with one attached hydrogen (secondary N) is 2. The molecule has 1 aliphatic carbocycles. The number of H-pyrrole nitrogens is 1. The predicted octanol–water partition coefficient (Wildman–Crippen LogP) is 7.02. The molecule has 46 heavy (non-hydrogen) atoms. The molecule has 3 aromatic rings. The number of aromatic amines is 1. The Morgan fingerprint density at radius 3 is 2.37 bits per heavy atom. The number of carbonyl (C=O) groups excluding carboxylic acids is 3. The number of amides is 5. The molecule has 1 heterocycles. The largest absolute Gasteiger partial charge is 0.465 e. The van der Waals surface area contributed by atoms with Crippen molar-refractivity contribution in [3.63, 3.8) is 0 Å². The Balaban J connectivity index is 1.82. The number of hydrogen-bond acceptors (Lipinski definition) is 4. The first-order valence-corrected chi connectivity index (χ1v) is 16.5. The number of nitrogens with two attached hydrogens (primary N) is 1. The molecule has 4 atom stereocenters. The van der Waals surface area contributed by atoms with Crippen molar-refractivity contribution in [2.45, 2.75) is 77.9 Å². The van der Waals surface area contributed by atoms with E-state index in [1.165, 1.54) is 0 Å². The lowest BCUT2D eigenvalue weighted by Crippen LogP contribution is -2.67. The molecule has 10 nitrogen and oxygen atoms in total. The van der Waals surface area contributed by atoms with Gasteiger partial charge in [-0.05, 0) is 54.0 Å². The van der Waals surface area contributed by atoms with Crippen LogP contribution in [0.15, 0.2) is 36.4 Å². The minimum absolute atomic E-state index is 0.00131. The number of nitrogens with zero attached hydrogens (tertiary/aromatic N) is 2. The van der Waals surface area contributed by atoms with Gasteiger partial charge in [0.2, 0.25) is 5.91 Å². The van der Waals surface area contributed by atoms with E-state index >= 15 is 0 Å². The highest BCUT2D eigenvalue weighted by Crippen LogP contribution is 2.39. The zero-order valence-electron chi connectivity index (χ0n) is 26.3. The Morgan fingerprint density at radius 2 is 1.76 bits per heavy atom. The molecule has 3 unspecified atom stereocenters. The van der Waals surface area contributed by atoms with E-state index in [0.29, 0.717) is 50.8 Å². The van der Waals surface area contributed by atoms with Gasteiger partial charge in [-0.2, -0.15) is 0 Å². The van der Waals surface area contributed by atoms with Crippen LogP contribution in [0.25, 0.3) is 10.9 Å². The van der Waals surface area contributed by atoms with Crippen LogP contribution >= 0.6 is 34.8 Å². The summed E-state index contributed by atoms with van der Waals surface area (Å²) in [6.45, 7) is 7.38. The number of aryl methyl sites for hydroxylation is 1. The average molecular weight is 693 g/mol. The molecule has 0 fully saturated rings. The fraction of sp³-hybridized carbons (Fsp3) is 0.455. The maximum Gasteiger partial charge on any atom is 0.408 e. The van der Waals surface area contributed by atoms with Gasteiger partial charge in [-0.25, -0.2) is 9.59 Å². The van der Waals surface area contributed by atoms with Crippen molar-refractivity contribution in [1.82, 2.24) is 20.1 Å². The van der Waals surface area contributed by atoms with E-state index in [0.717, 1.165) is 21.1 Å². The van der Waals surface area contributed by atoms with Crippen LogP contribution in [-0.4, -0.2) is 62.0 Å². The summed E-state index contributed by atoms with van der Waals surface area (Å²) in [7, 11) is 0. The van der Waals surface area contributed by atoms with Gasteiger partial charge < -0.3 is 21.1 Å². The number of primary amides is 1. The van der Waals surface area contributed by atoms with E-state index in [9.17, 15) is 24.3 Å². The fourth-order valence-electron chi connectivity index (χ4n) is 6.12. The highest BCUT2D eigenvalue weighted by molar-refractivity contribution is 6.38. The molecule has 5 amide bonds. The second kappa shape index (κ2) is 14.5. The molecule has 1 aliphatic rings. The van der Waals surface area contributed by atoms with Crippen LogP contribution in [0, 0.1) is 11.8 Å². The molecular formula is C33H40Cl3N5O5. The van der Waals surface area contributed by atoms with E-state index in [1.807, 2.05) is 20.8 Å². The Bertz CT molecular complexity index is 1650. The summed E-state index contributed by atoms with van der Waals surface area (Å²) in [5.74, 6) is -1.81. The number of urea groups is 1. The smallest absolute Gasteiger partial charge is 0.408 e. The summed E-state index contributed by atoms with van der Waals surface area (Å²) in [6.07, 6.45) is 0.289. The van der Waals surface area contributed by atoms with E-state index in [4.69, 9.17) is 40.5 Å². The minimum Gasteiger partial charge on any atom is -0.465 e. The van der Waals surface area contributed by atoms with Gasteiger partial charge >= 0.3 is 12.1 Å². The molecule has 4 rings (SSSR count). The topological polar surface area (TPSA) is 149 Å². The number of aromatic nitrogens is 1. The monoisotopic (exact) mass is 691 g/mol. The van der Waals surface area contributed by atoms with Gasteiger partial charge in [-0.1, -0.05) is 93.5 Å². The van der Waals surface area contributed by atoms with Crippen molar-refractivity contribution in [3.05, 3.63) is 68.3 Å². The van der Waals surface area contributed by atoms with Crippen molar-refractivity contribution in [2.75, 3.05) is 6.54 Å².